The van der Waals surface area contributed by atoms with Crippen LogP contribution in [0.3, 0.4) is 0 Å². The van der Waals surface area contributed by atoms with Gasteiger partial charge in [0.05, 0.1) is 59.4 Å². The minimum atomic E-state index is -0.438. The van der Waals surface area contributed by atoms with Crippen LogP contribution in [0.25, 0.3) is 20.9 Å². The highest BCUT2D eigenvalue weighted by Crippen LogP contribution is 2.38. The van der Waals surface area contributed by atoms with E-state index >= 15 is 0 Å². The van der Waals surface area contributed by atoms with Gasteiger partial charge >= 0.3 is 11.9 Å². The van der Waals surface area contributed by atoms with E-state index in [9.17, 15) is 19.2 Å². The number of rotatable bonds is 12. The molecule has 2 fully saturated rings. The lowest BCUT2D eigenvalue weighted by molar-refractivity contribution is -0.134. The lowest BCUT2D eigenvalue weighted by atomic mass is 10.1. The number of hydrogen-bond acceptors (Lipinski definition) is 14. The maximum atomic E-state index is 12.5. The summed E-state index contributed by atoms with van der Waals surface area (Å²) in [5.41, 5.74) is 7.71. The van der Waals surface area contributed by atoms with Gasteiger partial charge in [-0.25, -0.2) is 9.59 Å². The maximum absolute atomic E-state index is 12.5. The Morgan fingerprint density at radius 3 is 1.48 bits per heavy atom. The number of nitrogens with one attached hydrogen (secondary N) is 1. The second kappa shape index (κ2) is 24.8. The molecule has 0 radical (unpaired) electrons. The van der Waals surface area contributed by atoms with Crippen LogP contribution >= 0.6 is 38.6 Å². The molecule has 0 aliphatic carbocycles. The van der Waals surface area contributed by atoms with Crippen molar-refractivity contribution in [3.63, 3.8) is 0 Å². The van der Waals surface area contributed by atoms with Crippen LogP contribution in [0, 0.1) is 0 Å². The fourth-order valence-corrected chi connectivity index (χ4v) is 9.13. The van der Waals surface area contributed by atoms with Crippen molar-refractivity contribution in [2.24, 2.45) is 5.73 Å². The van der Waals surface area contributed by atoms with Crippen molar-refractivity contribution < 1.29 is 47.6 Å². The molecule has 0 spiro atoms. The van der Waals surface area contributed by atoms with Gasteiger partial charge in [0.1, 0.15) is 32.8 Å². The van der Waals surface area contributed by atoms with Gasteiger partial charge in [-0.1, -0.05) is 36.4 Å². The number of carbonyl (C=O) groups is 4. The Balaban J connectivity index is 0.000000184. The van der Waals surface area contributed by atoms with Gasteiger partial charge in [-0.2, -0.15) is 0 Å². The predicted molar refractivity (Wildman–Crippen MR) is 255 cm³/mol. The van der Waals surface area contributed by atoms with E-state index < -0.39 is 5.97 Å². The molecular formula is C48H49BrN4O10S2. The van der Waals surface area contributed by atoms with E-state index in [1.165, 1.54) is 36.9 Å². The molecule has 2 aliphatic heterocycles. The van der Waals surface area contributed by atoms with Gasteiger partial charge in [0.15, 0.2) is 0 Å². The van der Waals surface area contributed by atoms with Crippen molar-refractivity contribution in [2.45, 2.75) is 0 Å². The minimum absolute atomic E-state index is 0.0169. The van der Waals surface area contributed by atoms with E-state index in [1.807, 2.05) is 121 Å². The van der Waals surface area contributed by atoms with Crippen LogP contribution in [0.4, 0.5) is 5.69 Å². The number of thiophene rings is 2. The summed E-state index contributed by atoms with van der Waals surface area (Å²) in [5, 5.41) is 3.11. The average molecular weight is 986 g/mol. The minimum Gasteiger partial charge on any atom is -0.465 e. The molecule has 2 amide bonds. The number of morpholine rings is 2. The van der Waals surface area contributed by atoms with Crippen molar-refractivity contribution in [3.8, 4) is 43.9 Å². The van der Waals surface area contributed by atoms with Crippen molar-refractivity contribution in [3.05, 3.63) is 136 Å². The first-order valence-electron chi connectivity index (χ1n) is 20.6. The third kappa shape index (κ3) is 14.2. The van der Waals surface area contributed by atoms with E-state index in [0.717, 1.165) is 48.4 Å². The largest absolute Gasteiger partial charge is 0.465 e. The van der Waals surface area contributed by atoms with Gasteiger partial charge in [0.2, 0.25) is 11.8 Å². The molecule has 2 aliphatic rings. The molecule has 17 heteroatoms. The zero-order valence-corrected chi connectivity index (χ0v) is 39.1. The summed E-state index contributed by atoms with van der Waals surface area (Å²) in [6.07, 6.45) is 0. The molecule has 0 atom stereocenters. The summed E-state index contributed by atoms with van der Waals surface area (Å²) in [4.78, 5) is 53.7. The normalized spacial score (nSPS) is 13.2. The molecule has 340 valence electrons. The molecule has 3 N–H and O–H groups in total. The Bertz CT molecular complexity index is 2460. The number of anilines is 1. The van der Waals surface area contributed by atoms with Crippen molar-refractivity contribution in [1.29, 1.82) is 0 Å². The molecular weight excluding hydrogens is 937 g/mol. The quantitative estimate of drug-likeness (QED) is 0.112. The molecule has 65 heavy (non-hydrogen) atoms. The predicted octanol–water partition coefficient (Wildman–Crippen LogP) is 8.83. The first-order chi connectivity index (χ1) is 31.6. The topological polar surface area (TPSA) is 168 Å². The molecule has 6 aromatic rings. The number of benzene rings is 4. The van der Waals surface area contributed by atoms with Crippen molar-refractivity contribution in [2.75, 3.05) is 85.2 Å². The highest BCUT2D eigenvalue weighted by molar-refractivity contribution is 9.10. The molecule has 14 nitrogen and oxygen atoms in total. The average Bonchev–Trinajstić information content (AvgIpc) is 3.98. The number of carbonyl (C=O) groups excluding carboxylic acids is 4. The molecule has 2 aromatic heterocycles. The summed E-state index contributed by atoms with van der Waals surface area (Å²) >= 11 is 6.11. The Morgan fingerprint density at radius 1 is 0.600 bits per heavy atom. The number of methoxy groups -OCH3 is 2. The SMILES string of the molecule is COC(=O)c1sc(-c2ccc(Oc3ccccc3)cc2)cc1Br.COC(=O)c1sc(-c2ccc(Oc3ccccc3)cc2)cc1NCC(=O)N1CCOCC1.NCC(=O)N1CCOCC1. The maximum Gasteiger partial charge on any atom is 0.350 e. The summed E-state index contributed by atoms with van der Waals surface area (Å²) in [5.74, 6) is 2.27. The Hall–Kier alpha value is -6.08. The number of ether oxygens (including phenoxy) is 6. The fraction of sp³-hybridized carbons (Fsp3) is 0.250. The zero-order valence-electron chi connectivity index (χ0n) is 35.9. The van der Waals surface area contributed by atoms with E-state index in [4.69, 9.17) is 34.2 Å². The number of nitrogens with zero attached hydrogens (tertiary/aromatic N) is 2. The number of halogens is 1. The number of hydrogen-bond donors (Lipinski definition) is 2. The Kier molecular flexibility index (Phi) is 18.5. The van der Waals surface area contributed by atoms with Gasteiger partial charge in [0.25, 0.3) is 0 Å². The Morgan fingerprint density at radius 2 is 1.02 bits per heavy atom. The van der Waals surface area contributed by atoms with Crippen LogP contribution in [0.5, 0.6) is 23.0 Å². The van der Waals surface area contributed by atoms with E-state index in [-0.39, 0.29) is 30.9 Å². The number of para-hydroxylation sites is 2. The zero-order chi connectivity index (χ0) is 46.0. The Labute approximate surface area is 393 Å². The van der Waals surface area contributed by atoms with E-state index in [1.54, 1.807) is 9.80 Å². The lowest BCUT2D eigenvalue weighted by Crippen LogP contribution is -2.43. The second-order valence-corrected chi connectivity index (χ2v) is 17.0. The van der Waals surface area contributed by atoms with Crippen molar-refractivity contribution >= 4 is 68.0 Å². The highest BCUT2D eigenvalue weighted by Gasteiger charge is 2.22. The molecule has 0 bridgehead atoms. The van der Waals surface area contributed by atoms with Crippen LogP contribution in [0.1, 0.15) is 19.3 Å². The third-order valence-corrected chi connectivity index (χ3v) is 12.9. The summed E-state index contributed by atoms with van der Waals surface area (Å²) < 4.78 is 32.4. The molecule has 4 aromatic carbocycles. The van der Waals surface area contributed by atoms with Crippen LogP contribution < -0.4 is 20.5 Å². The van der Waals surface area contributed by atoms with Gasteiger partial charge < -0.3 is 49.3 Å². The lowest BCUT2D eigenvalue weighted by Gasteiger charge is -2.27. The standard InChI is InChI=1S/C24H24N2O5S.C18H13BrO3S.C6H12N2O2/c1-29-24(28)23-20(25-16-22(27)26-11-13-30-14-12-26)15-21(32-23)17-7-9-19(10-8-17)31-18-5-3-2-4-6-18;1-21-18(20)17-15(19)11-16(23-17)12-7-9-14(10-8-12)22-13-5-3-2-4-6-13;7-5-6(9)8-1-3-10-4-2-8/h2-10,15,25H,11-14,16H2,1H3;2-11H,1H3;1-5,7H2. The van der Waals surface area contributed by atoms with Gasteiger partial charge in [-0.05, 0) is 112 Å². The molecule has 0 saturated carbocycles. The summed E-state index contributed by atoms with van der Waals surface area (Å²) in [6.45, 7) is 5.14. The smallest absolute Gasteiger partial charge is 0.350 e. The van der Waals surface area contributed by atoms with E-state index in [0.29, 0.717) is 68.0 Å². The summed E-state index contributed by atoms with van der Waals surface area (Å²) in [6, 6.07) is 38.4. The highest BCUT2D eigenvalue weighted by atomic mass is 79.9. The van der Waals surface area contributed by atoms with Crippen LogP contribution in [0.2, 0.25) is 0 Å². The molecule has 0 unspecified atom stereocenters. The molecule has 2 saturated heterocycles. The van der Waals surface area contributed by atoms with Gasteiger partial charge in [-0.3, -0.25) is 9.59 Å². The van der Waals surface area contributed by atoms with Crippen LogP contribution in [-0.4, -0.2) is 113 Å². The first-order valence-corrected chi connectivity index (χ1v) is 23.0. The number of esters is 2. The monoisotopic (exact) mass is 984 g/mol. The first kappa shape index (κ1) is 48.4. The van der Waals surface area contributed by atoms with Gasteiger partial charge in [0, 0.05) is 40.4 Å². The molecule has 8 rings (SSSR count). The number of amides is 2. The van der Waals surface area contributed by atoms with Gasteiger partial charge in [-0.15, -0.1) is 22.7 Å². The van der Waals surface area contributed by atoms with E-state index in [2.05, 4.69) is 21.2 Å². The number of nitrogens with two attached hydrogens (primary N) is 1. The van der Waals surface area contributed by atoms with Crippen LogP contribution in [-0.2, 0) is 28.5 Å². The third-order valence-electron chi connectivity index (χ3n) is 9.73. The molecule has 4 heterocycles. The fourth-order valence-electron chi connectivity index (χ4n) is 6.31. The van der Waals surface area contributed by atoms with Crippen molar-refractivity contribution in [1.82, 2.24) is 9.80 Å². The second-order valence-electron chi connectivity index (χ2n) is 14.0. The summed E-state index contributed by atoms with van der Waals surface area (Å²) in [7, 11) is 2.73. The van der Waals surface area contributed by atoms with Crippen LogP contribution in [0.15, 0.2) is 126 Å².